The molecule has 0 unspecified atom stereocenters. The smallest absolute Gasteiger partial charge is 0.417 e. The lowest BCUT2D eigenvalue weighted by molar-refractivity contribution is -0.136. The van der Waals surface area contributed by atoms with E-state index in [9.17, 15) is 9.59 Å². The standard InChI is InChI=1S/C16H25NO3/c1-10-6-7-12(11(2)8-10)14(18)17-13(16(3,4)5)9-20-15(17)19/h6,11-13H,7-9H2,1-5H3/t11-,12-,13+/m0/s1. The summed E-state index contributed by atoms with van der Waals surface area (Å²) in [6, 6.07) is -0.165. The van der Waals surface area contributed by atoms with Gasteiger partial charge < -0.3 is 4.74 Å². The number of carbonyl (C=O) groups excluding carboxylic acids is 2. The number of ether oxygens (including phenoxy) is 1. The van der Waals surface area contributed by atoms with E-state index in [0.717, 1.165) is 12.8 Å². The molecule has 2 rings (SSSR count). The molecule has 0 spiro atoms. The predicted molar refractivity (Wildman–Crippen MR) is 77.1 cm³/mol. The number of allylic oxidation sites excluding steroid dienone is 2. The molecule has 1 aliphatic carbocycles. The quantitative estimate of drug-likeness (QED) is 0.691. The van der Waals surface area contributed by atoms with Crippen LogP contribution in [0.5, 0.6) is 0 Å². The highest BCUT2D eigenvalue weighted by Crippen LogP contribution is 2.35. The summed E-state index contributed by atoms with van der Waals surface area (Å²) in [6.45, 7) is 10.6. The van der Waals surface area contributed by atoms with Gasteiger partial charge in [-0.05, 0) is 31.1 Å². The molecule has 0 aromatic rings. The van der Waals surface area contributed by atoms with Gasteiger partial charge in [-0.25, -0.2) is 9.69 Å². The zero-order valence-electron chi connectivity index (χ0n) is 13.1. The summed E-state index contributed by atoms with van der Waals surface area (Å²) in [5.74, 6) is 0.111. The Morgan fingerprint density at radius 2 is 2.05 bits per heavy atom. The van der Waals surface area contributed by atoms with Gasteiger partial charge in [0.25, 0.3) is 0 Å². The molecule has 20 heavy (non-hydrogen) atoms. The second-order valence-electron chi connectivity index (χ2n) is 7.24. The first-order chi connectivity index (χ1) is 9.21. The third kappa shape index (κ3) is 2.74. The van der Waals surface area contributed by atoms with E-state index in [1.165, 1.54) is 10.5 Å². The molecular formula is C16H25NO3. The van der Waals surface area contributed by atoms with Crippen LogP contribution >= 0.6 is 0 Å². The van der Waals surface area contributed by atoms with Gasteiger partial charge in [-0.3, -0.25) is 4.79 Å². The van der Waals surface area contributed by atoms with Gasteiger partial charge >= 0.3 is 6.09 Å². The largest absolute Gasteiger partial charge is 0.447 e. The highest BCUT2D eigenvalue weighted by atomic mass is 16.6. The minimum absolute atomic E-state index is 0.0660. The van der Waals surface area contributed by atoms with E-state index in [-0.39, 0.29) is 29.2 Å². The van der Waals surface area contributed by atoms with Gasteiger partial charge in [0.15, 0.2) is 0 Å². The van der Waals surface area contributed by atoms with Gasteiger partial charge in [0.05, 0.1) is 6.04 Å². The van der Waals surface area contributed by atoms with E-state index in [1.807, 2.05) is 20.8 Å². The van der Waals surface area contributed by atoms with Crippen molar-refractivity contribution >= 4 is 12.0 Å². The Kier molecular flexibility index (Phi) is 3.94. The van der Waals surface area contributed by atoms with Crippen LogP contribution in [0.3, 0.4) is 0 Å². The molecule has 1 saturated heterocycles. The fraction of sp³-hybridized carbons (Fsp3) is 0.750. The molecule has 4 heteroatoms. The van der Waals surface area contributed by atoms with Crippen LogP contribution in [0, 0.1) is 17.3 Å². The van der Waals surface area contributed by atoms with Gasteiger partial charge in [-0.2, -0.15) is 0 Å². The Labute approximate surface area is 121 Å². The van der Waals surface area contributed by atoms with Gasteiger partial charge in [-0.1, -0.05) is 39.3 Å². The zero-order valence-corrected chi connectivity index (χ0v) is 13.1. The normalized spacial score (nSPS) is 31.1. The minimum atomic E-state index is -0.478. The molecule has 0 radical (unpaired) electrons. The maximum Gasteiger partial charge on any atom is 0.417 e. The van der Waals surface area contributed by atoms with Crippen molar-refractivity contribution in [1.29, 1.82) is 0 Å². The highest BCUT2D eigenvalue weighted by molar-refractivity contribution is 5.95. The van der Waals surface area contributed by atoms with E-state index in [1.54, 1.807) is 0 Å². The average Bonchev–Trinajstić information content (AvgIpc) is 2.70. The fourth-order valence-electron chi connectivity index (χ4n) is 3.12. The number of hydrogen-bond acceptors (Lipinski definition) is 3. The maximum absolute atomic E-state index is 12.8. The molecule has 4 nitrogen and oxygen atoms in total. The fourth-order valence-corrected chi connectivity index (χ4v) is 3.12. The molecule has 1 fully saturated rings. The lowest BCUT2D eigenvalue weighted by atomic mass is 9.79. The van der Waals surface area contributed by atoms with Crippen molar-refractivity contribution in [2.75, 3.05) is 6.61 Å². The van der Waals surface area contributed by atoms with Crippen molar-refractivity contribution in [3.05, 3.63) is 11.6 Å². The molecule has 2 amide bonds. The summed E-state index contributed by atoms with van der Waals surface area (Å²) >= 11 is 0. The van der Waals surface area contributed by atoms with E-state index in [4.69, 9.17) is 4.74 Å². The summed E-state index contributed by atoms with van der Waals surface area (Å²) in [6.07, 6.45) is 3.30. The van der Waals surface area contributed by atoms with Crippen LogP contribution in [0.2, 0.25) is 0 Å². The first-order valence-corrected chi connectivity index (χ1v) is 7.37. The highest BCUT2D eigenvalue weighted by Gasteiger charge is 2.46. The summed E-state index contributed by atoms with van der Waals surface area (Å²) < 4.78 is 5.12. The summed E-state index contributed by atoms with van der Waals surface area (Å²) in [7, 11) is 0. The topological polar surface area (TPSA) is 46.6 Å². The number of rotatable bonds is 1. The number of imide groups is 1. The molecule has 0 aromatic carbocycles. The average molecular weight is 279 g/mol. The number of hydrogen-bond donors (Lipinski definition) is 0. The Morgan fingerprint density at radius 1 is 1.40 bits per heavy atom. The molecule has 2 aliphatic rings. The van der Waals surface area contributed by atoms with Crippen LogP contribution in [-0.2, 0) is 9.53 Å². The van der Waals surface area contributed by atoms with E-state index in [2.05, 4.69) is 19.9 Å². The Morgan fingerprint density at radius 3 is 2.60 bits per heavy atom. The van der Waals surface area contributed by atoms with Crippen molar-refractivity contribution in [2.45, 2.75) is 53.5 Å². The molecule has 1 heterocycles. The van der Waals surface area contributed by atoms with Crippen molar-refractivity contribution in [1.82, 2.24) is 4.90 Å². The number of nitrogens with zero attached hydrogens (tertiary/aromatic N) is 1. The number of amides is 2. The summed E-state index contributed by atoms with van der Waals surface area (Å²) in [5, 5.41) is 0. The Balaban J connectivity index is 2.21. The van der Waals surface area contributed by atoms with Crippen molar-refractivity contribution in [2.24, 2.45) is 17.3 Å². The molecule has 112 valence electrons. The van der Waals surface area contributed by atoms with Crippen LogP contribution in [0.4, 0.5) is 4.79 Å². The zero-order chi connectivity index (χ0) is 15.1. The molecule has 1 aliphatic heterocycles. The van der Waals surface area contributed by atoms with Crippen LogP contribution in [-0.4, -0.2) is 29.5 Å². The lowest BCUT2D eigenvalue weighted by Gasteiger charge is -2.35. The van der Waals surface area contributed by atoms with E-state index >= 15 is 0 Å². The van der Waals surface area contributed by atoms with Crippen molar-refractivity contribution in [3.8, 4) is 0 Å². The summed E-state index contributed by atoms with van der Waals surface area (Å²) in [5.41, 5.74) is 1.17. The maximum atomic E-state index is 12.8. The molecule has 3 atom stereocenters. The third-order valence-corrected chi connectivity index (χ3v) is 4.48. The van der Waals surface area contributed by atoms with Gasteiger partial charge in [0, 0.05) is 5.92 Å². The number of carbonyl (C=O) groups is 2. The van der Waals surface area contributed by atoms with Crippen LogP contribution in [0.1, 0.15) is 47.5 Å². The van der Waals surface area contributed by atoms with Gasteiger partial charge in [-0.15, -0.1) is 0 Å². The van der Waals surface area contributed by atoms with Crippen LogP contribution < -0.4 is 0 Å². The van der Waals surface area contributed by atoms with Crippen LogP contribution in [0.15, 0.2) is 11.6 Å². The first kappa shape index (κ1) is 15.1. The second-order valence-corrected chi connectivity index (χ2v) is 7.24. The first-order valence-electron chi connectivity index (χ1n) is 7.37. The lowest BCUT2D eigenvalue weighted by Crippen LogP contribution is -2.49. The minimum Gasteiger partial charge on any atom is -0.447 e. The predicted octanol–water partition coefficient (Wildman–Crippen LogP) is 3.37. The molecule has 0 N–H and O–H groups in total. The van der Waals surface area contributed by atoms with E-state index in [0.29, 0.717) is 6.61 Å². The van der Waals surface area contributed by atoms with Crippen LogP contribution in [0.25, 0.3) is 0 Å². The van der Waals surface area contributed by atoms with Crippen molar-refractivity contribution < 1.29 is 14.3 Å². The molecular weight excluding hydrogens is 254 g/mol. The van der Waals surface area contributed by atoms with Crippen molar-refractivity contribution in [3.63, 3.8) is 0 Å². The third-order valence-electron chi connectivity index (χ3n) is 4.48. The Hall–Kier alpha value is -1.32. The Bertz CT molecular complexity index is 447. The second kappa shape index (κ2) is 5.23. The number of cyclic esters (lactones) is 1. The molecule has 0 bridgehead atoms. The van der Waals surface area contributed by atoms with Gasteiger partial charge in [0.1, 0.15) is 6.61 Å². The van der Waals surface area contributed by atoms with E-state index < -0.39 is 6.09 Å². The monoisotopic (exact) mass is 279 g/mol. The SMILES string of the molecule is CC1=CC[C@H](C(=O)N2C(=O)OC[C@@H]2C(C)(C)C)[C@@H](C)C1. The molecule has 0 aromatic heterocycles. The summed E-state index contributed by atoms with van der Waals surface area (Å²) in [4.78, 5) is 26.1. The molecule has 0 saturated carbocycles. The van der Waals surface area contributed by atoms with Gasteiger partial charge in [0.2, 0.25) is 5.91 Å².